The summed E-state index contributed by atoms with van der Waals surface area (Å²) in [6.07, 6.45) is 1.32. The van der Waals surface area contributed by atoms with Crippen LogP contribution in [-0.4, -0.2) is 28.0 Å². The maximum Gasteiger partial charge on any atom is 0.129 e. The molecule has 0 radical (unpaired) electrons. The summed E-state index contributed by atoms with van der Waals surface area (Å²) in [6.45, 7) is 2.15. The average Bonchev–Trinajstić information content (AvgIpc) is 2.42. The molecule has 106 valence electrons. The maximum atomic E-state index is 13.6. The van der Waals surface area contributed by atoms with Crippen LogP contribution in [0.4, 0.5) is 8.78 Å². The third-order valence-electron chi connectivity index (χ3n) is 3.42. The van der Waals surface area contributed by atoms with Gasteiger partial charge in [-0.1, -0.05) is 13.0 Å². The zero-order valence-electron chi connectivity index (χ0n) is 10.9. The SMILES string of the molecule is CCC1SCCSC1C(N)Cc1c(F)cccc1F. The second-order valence-corrected chi connectivity index (χ2v) is 7.35. The minimum absolute atomic E-state index is 0.126. The van der Waals surface area contributed by atoms with Crippen LogP contribution in [0.1, 0.15) is 18.9 Å². The van der Waals surface area contributed by atoms with E-state index < -0.39 is 11.6 Å². The van der Waals surface area contributed by atoms with E-state index in [2.05, 4.69) is 6.92 Å². The zero-order chi connectivity index (χ0) is 13.8. The van der Waals surface area contributed by atoms with E-state index in [1.54, 1.807) is 0 Å². The van der Waals surface area contributed by atoms with Crippen molar-refractivity contribution in [1.29, 1.82) is 0 Å². The first-order chi connectivity index (χ1) is 9.13. The molecule has 1 aliphatic rings. The van der Waals surface area contributed by atoms with Gasteiger partial charge in [0.1, 0.15) is 11.6 Å². The Morgan fingerprint density at radius 3 is 2.53 bits per heavy atom. The Labute approximate surface area is 121 Å². The summed E-state index contributed by atoms with van der Waals surface area (Å²) < 4.78 is 27.3. The van der Waals surface area contributed by atoms with Crippen molar-refractivity contribution in [3.05, 3.63) is 35.4 Å². The van der Waals surface area contributed by atoms with Crippen LogP contribution >= 0.6 is 23.5 Å². The van der Waals surface area contributed by atoms with E-state index in [9.17, 15) is 8.78 Å². The molecule has 1 heterocycles. The lowest BCUT2D eigenvalue weighted by Crippen LogP contribution is -2.43. The highest BCUT2D eigenvalue weighted by molar-refractivity contribution is 8.07. The van der Waals surface area contributed by atoms with Crippen molar-refractivity contribution >= 4 is 23.5 Å². The molecule has 2 rings (SSSR count). The van der Waals surface area contributed by atoms with Gasteiger partial charge in [0, 0.05) is 33.6 Å². The summed E-state index contributed by atoms with van der Waals surface area (Å²) in [7, 11) is 0. The molecule has 1 nitrogen and oxygen atoms in total. The average molecular weight is 303 g/mol. The summed E-state index contributed by atoms with van der Waals surface area (Å²) in [4.78, 5) is 0. The lowest BCUT2D eigenvalue weighted by molar-refractivity contribution is 0.522. The van der Waals surface area contributed by atoms with Crippen LogP contribution in [-0.2, 0) is 6.42 Å². The van der Waals surface area contributed by atoms with E-state index >= 15 is 0 Å². The second kappa shape index (κ2) is 6.95. The number of halogens is 2. The number of hydrogen-bond acceptors (Lipinski definition) is 3. The van der Waals surface area contributed by atoms with Gasteiger partial charge >= 0.3 is 0 Å². The van der Waals surface area contributed by atoms with Gasteiger partial charge in [-0.2, -0.15) is 23.5 Å². The number of hydrogen-bond donors (Lipinski definition) is 1. The molecule has 19 heavy (non-hydrogen) atoms. The fraction of sp³-hybridized carbons (Fsp3) is 0.571. The predicted molar refractivity (Wildman–Crippen MR) is 80.8 cm³/mol. The normalized spacial score (nSPS) is 25.3. The third-order valence-corrected chi connectivity index (χ3v) is 6.85. The number of rotatable bonds is 4. The number of nitrogens with two attached hydrogens (primary N) is 1. The Hall–Kier alpha value is -0.260. The van der Waals surface area contributed by atoms with Gasteiger partial charge < -0.3 is 5.73 Å². The Kier molecular flexibility index (Phi) is 5.54. The summed E-state index contributed by atoms with van der Waals surface area (Å²) in [5.74, 6) is 1.23. The van der Waals surface area contributed by atoms with Crippen LogP contribution < -0.4 is 5.73 Å². The summed E-state index contributed by atoms with van der Waals surface area (Å²) >= 11 is 3.77. The molecule has 0 aromatic heterocycles. The summed E-state index contributed by atoms with van der Waals surface area (Å²) in [5.41, 5.74) is 6.34. The Bertz CT molecular complexity index is 408. The van der Waals surface area contributed by atoms with Gasteiger partial charge in [0.15, 0.2) is 0 Å². The largest absolute Gasteiger partial charge is 0.326 e. The highest BCUT2D eigenvalue weighted by Gasteiger charge is 2.31. The van der Waals surface area contributed by atoms with Gasteiger partial charge in [0.2, 0.25) is 0 Å². The minimum atomic E-state index is -0.489. The molecule has 3 atom stereocenters. The predicted octanol–water partition coefficient (Wildman–Crippen LogP) is 3.46. The van der Waals surface area contributed by atoms with Crippen molar-refractivity contribution < 1.29 is 8.78 Å². The monoisotopic (exact) mass is 303 g/mol. The third kappa shape index (κ3) is 3.64. The fourth-order valence-corrected chi connectivity index (χ4v) is 5.61. The quantitative estimate of drug-likeness (QED) is 0.922. The molecule has 2 N–H and O–H groups in total. The van der Waals surface area contributed by atoms with Gasteiger partial charge in [-0.05, 0) is 25.0 Å². The molecule has 1 aliphatic heterocycles. The Balaban J connectivity index is 2.09. The lowest BCUT2D eigenvalue weighted by atomic mass is 10.00. The summed E-state index contributed by atoms with van der Waals surface area (Å²) in [6, 6.07) is 3.78. The molecule has 5 heteroatoms. The fourth-order valence-electron chi connectivity index (χ4n) is 2.41. The molecule has 0 amide bonds. The molecule has 1 saturated heterocycles. The molecule has 1 aromatic rings. The van der Waals surface area contributed by atoms with Crippen LogP contribution in [0.15, 0.2) is 18.2 Å². The van der Waals surface area contributed by atoms with Crippen molar-refractivity contribution in [2.75, 3.05) is 11.5 Å². The first-order valence-electron chi connectivity index (χ1n) is 6.55. The van der Waals surface area contributed by atoms with Crippen LogP contribution in [0, 0.1) is 11.6 Å². The lowest BCUT2D eigenvalue weighted by Gasteiger charge is -2.34. The van der Waals surface area contributed by atoms with Crippen LogP contribution in [0.2, 0.25) is 0 Å². The highest BCUT2D eigenvalue weighted by atomic mass is 32.2. The Morgan fingerprint density at radius 1 is 1.26 bits per heavy atom. The molecule has 0 aliphatic carbocycles. The topological polar surface area (TPSA) is 26.0 Å². The van der Waals surface area contributed by atoms with Crippen molar-refractivity contribution in [2.24, 2.45) is 5.73 Å². The second-order valence-electron chi connectivity index (χ2n) is 4.72. The highest BCUT2D eigenvalue weighted by Crippen LogP contribution is 2.35. The van der Waals surface area contributed by atoms with Crippen molar-refractivity contribution in [3.8, 4) is 0 Å². The van der Waals surface area contributed by atoms with E-state index in [-0.39, 0.29) is 23.3 Å². The smallest absolute Gasteiger partial charge is 0.129 e. The van der Waals surface area contributed by atoms with Gasteiger partial charge in [-0.15, -0.1) is 0 Å². The first-order valence-corrected chi connectivity index (χ1v) is 8.65. The van der Waals surface area contributed by atoms with Gasteiger partial charge in [-0.3, -0.25) is 0 Å². The van der Waals surface area contributed by atoms with Crippen LogP contribution in [0.5, 0.6) is 0 Å². The van der Waals surface area contributed by atoms with Gasteiger partial charge in [0.05, 0.1) is 0 Å². The van der Waals surface area contributed by atoms with E-state index in [0.717, 1.165) is 17.9 Å². The van der Waals surface area contributed by atoms with Crippen molar-refractivity contribution in [1.82, 2.24) is 0 Å². The molecular weight excluding hydrogens is 284 g/mol. The molecule has 3 unspecified atom stereocenters. The van der Waals surface area contributed by atoms with E-state index in [4.69, 9.17) is 5.73 Å². The first kappa shape index (κ1) is 15.1. The molecule has 0 bridgehead atoms. The molecular formula is C14H19F2NS2. The van der Waals surface area contributed by atoms with E-state index in [0.29, 0.717) is 5.25 Å². The maximum absolute atomic E-state index is 13.6. The standard InChI is InChI=1S/C14H19F2NS2/c1-2-13-14(19-7-6-18-13)12(17)8-9-10(15)4-3-5-11(9)16/h3-5,12-14H,2,6-8,17H2,1H3. The van der Waals surface area contributed by atoms with Crippen molar-refractivity contribution in [2.45, 2.75) is 36.3 Å². The zero-order valence-corrected chi connectivity index (χ0v) is 12.6. The van der Waals surface area contributed by atoms with Crippen LogP contribution in [0.3, 0.4) is 0 Å². The minimum Gasteiger partial charge on any atom is -0.326 e. The van der Waals surface area contributed by atoms with E-state index in [1.165, 1.54) is 18.2 Å². The number of benzene rings is 1. The molecule has 0 saturated carbocycles. The number of thioether (sulfide) groups is 2. The van der Waals surface area contributed by atoms with Gasteiger partial charge in [0.25, 0.3) is 0 Å². The van der Waals surface area contributed by atoms with Crippen LogP contribution in [0.25, 0.3) is 0 Å². The van der Waals surface area contributed by atoms with E-state index in [1.807, 2.05) is 23.5 Å². The molecule has 1 aromatic carbocycles. The molecule has 0 spiro atoms. The van der Waals surface area contributed by atoms with Crippen molar-refractivity contribution in [3.63, 3.8) is 0 Å². The Morgan fingerprint density at radius 2 is 1.89 bits per heavy atom. The summed E-state index contributed by atoms with van der Waals surface area (Å²) in [5, 5.41) is 0.770. The van der Waals surface area contributed by atoms with Gasteiger partial charge in [-0.25, -0.2) is 8.78 Å². The molecule has 1 fully saturated rings.